The van der Waals surface area contributed by atoms with Crippen LogP contribution < -0.4 is 21.4 Å². The van der Waals surface area contributed by atoms with Crippen LogP contribution >= 0.6 is 0 Å². The molecule has 3 aromatic rings. The first-order valence-corrected chi connectivity index (χ1v) is 10.7. The molecule has 0 saturated carbocycles. The zero-order valence-corrected chi connectivity index (χ0v) is 19.5. The monoisotopic (exact) mass is 443 g/mol. The quantitative estimate of drug-likeness (QED) is 0.336. The number of aromatic hydroxyl groups is 2. The Morgan fingerprint density at radius 2 is 1.91 bits per heavy atom. The number of phenols is 2. The minimum absolute atomic E-state index is 0.00309. The van der Waals surface area contributed by atoms with Crippen LogP contribution in [0.2, 0.25) is 0 Å². The summed E-state index contributed by atoms with van der Waals surface area (Å²) >= 11 is 0. The normalized spacial score (nSPS) is 13.3. The lowest BCUT2D eigenvalue weighted by molar-refractivity contribution is 0.367. The summed E-state index contributed by atoms with van der Waals surface area (Å²) in [5, 5.41) is 31.3. The van der Waals surface area contributed by atoms with Crippen molar-refractivity contribution in [3.05, 3.63) is 29.0 Å². The number of nitrogens with two attached hydrogens (primary N) is 1. The average Bonchev–Trinajstić information content (AvgIpc) is 3.17. The second-order valence-corrected chi connectivity index (χ2v) is 8.54. The summed E-state index contributed by atoms with van der Waals surface area (Å²) in [6.45, 7) is 10.9. The molecule has 3 rings (SSSR count). The molecular weight excluding hydrogens is 410 g/mol. The molecule has 32 heavy (non-hydrogen) atoms. The number of phenolic OH excluding ortho intramolecular Hbond substituents is 2. The number of aromatic amines is 1. The van der Waals surface area contributed by atoms with Crippen molar-refractivity contribution in [2.75, 3.05) is 19.0 Å². The van der Waals surface area contributed by atoms with Gasteiger partial charge in [0.15, 0.2) is 22.8 Å². The van der Waals surface area contributed by atoms with E-state index < -0.39 is 0 Å². The summed E-state index contributed by atoms with van der Waals surface area (Å²) in [4.78, 5) is 9.41. The van der Waals surface area contributed by atoms with Crippen LogP contribution in [-0.4, -0.2) is 49.7 Å². The molecule has 2 heterocycles. The van der Waals surface area contributed by atoms with Gasteiger partial charge < -0.3 is 30.6 Å². The molecule has 0 fully saturated rings. The topological polar surface area (TPSA) is 147 Å². The third-order valence-electron chi connectivity index (χ3n) is 5.10. The molecule has 0 bridgehead atoms. The Morgan fingerprint density at radius 3 is 2.50 bits per heavy atom. The van der Waals surface area contributed by atoms with Crippen molar-refractivity contribution < 1.29 is 14.9 Å². The van der Waals surface area contributed by atoms with E-state index in [-0.39, 0.29) is 41.8 Å². The van der Waals surface area contributed by atoms with Gasteiger partial charge in [-0.05, 0) is 32.8 Å². The lowest BCUT2D eigenvalue weighted by atomic mass is 10.1. The fourth-order valence-electron chi connectivity index (χ4n) is 3.50. The predicted molar refractivity (Wildman–Crippen MR) is 124 cm³/mol. The zero-order chi connectivity index (χ0) is 23.6. The Hall–Kier alpha value is -3.27. The number of methoxy groups -OCH3 is 1. The first kappa shape index (κ1) is 23.4. The molecule has 0 aliphatic carbocycles. The average molecular weight is 444 g/mol. The third-order valence-corrected chi connectivity index (χ3v) is 5.10. The van der Waals surface area contributed by atoms with Gasteiger partial charge in [0.05, 0.1) is 24.9 Å². The van der Waals surface area contributed by atoms with E-state index in [0.717, 1.165) is 11.2 Å². The fraction of sp³-hybridized carbons (Fsp3) is 0.500. The van der Waals surface area contributed by atoms with E-state index in [1.807, 2.05) is 6.92 Å². The molecule has 0 saturated heterocycles. The highest BCUT2D eigenvalue weighted by Gasteiger charge is 2.20. The molecule has 174 valence electrons. The zero-order valence-electron chi connectivity index (χ0n) is 19.5. The molecule has 0 aliphatic heterocycles. The van der Waals surface area contributed by atoms with E-state index in [0.29, 0.717) is 29.1 Å². The van der Waals surface area contributed by atoms with Crippen molar-refractivity contribution in [1.82, 2.24) is 19.7 Å². The van der Waals surface area contributed by atoms with Gasteiger partial charge in [-0.25, -0.2) is 4.99 Å². The van der Waals surface area contributed by atoms with Crippen molar-refractivity contribution in [2.24, 2.45) is 10.7 Å². The Morgan fingerprint density at radius 1 is 1.19 bits per heavy atom. The van der Waals surface area contributed by atoms with Crippen LogP contribution in [0.15, 0.2) is 17.1 Å². The molecule has 1 unspecified atom stereocenters. The summed E-state index contributed by atoms with van der Waals surface area (Å²) < 4.78 is 7.11. The largest absolute Gasteiger partial charge is 0.507 e. The molecule has 0 radical (unpaired) electrons. The van der Waals surface area contributed by atoms with Crippen LogP contribution in [0.1, 0.15) is 57.8 Å². The maximum atomic E-state index is 10.3. The van der Waals surface area contributed by atoms with Crippen LogP contribution in [0.3, 0.4) is 0 Å². The first-order valence-electron chi connectivity index (χ1n) is 10.7. The number of hydrogen-bond acceptors (Lipinski definition) is 8. The van der Waals surface area contributed by atoms with Crippen molar-refractivity contribution >= 4 is 16.9 Å². The molecule has 0 aliphatic rings. The molecule has 6 N–H and O–H groups in total. The maximum Gasteiger partial charge on any atom is 0.227 e. The minimum atomic E-state index is -0.0994. The number of aromatic nitrogens is 4. The highest BCUT2D eigenvalue weighted by atomic mass is 16.5. The standard InChI is InChI=1S/C22H33N7O3/c1-11(2)18-20-19(28-27-18)21(26-22(25-9-13(5)23)29(20)12(3)4)24-10-14-7-16(31)17(32-6)8-15(14)30/h7-8,11-13,30-31H,9-10,23H2,1-6H3,(H,27,28)(H,24,25,26). The van der Waals surface area contributed by atoms with Crippen molar-refractivity contribution in [2.45, 2.75) is 59.2 Å². The molecule has 1 aromatic carbocycles. The number of nitrogens with one attached hydrogen (secondary N) is 2. The Balaban J connectivity index is 2.14. The molecule has 0 amide bonds. The van der Waals surface area contributed by atoms with Crippen molar-refractivity contribution in [3.63, 3.8) is 0 Å². The number of anilines is 1. The van der Waals surface area contributed by atoms with Gasteiger partial charge in [-0.2, -0.15) is 10.1 Å². The Labute approximate surface area is 187 Å². The number of hydrogen-bond donors (Lipinski definition) is 5. The fourth-order valence-corrected chi connectivity index (χ4v) is 3.50. The van der Waals surface area contributed by atoms with E-state index in [1.54, 1.807) is 0 Å². The number of H-pyrrole nitrogens is 1. The van der Waals surface area contributed by atoms with E-state index in [9.17, 15) is 10.2 Å². The van der Waals surface area contributed by atoms with Crippen LogP contribution in [0.25, 0.3) is 11.0 Å². The lowest BCUT2D eigenvalue weighted by Crippen LogP contribution is -2.30. The van der Waals surface area contributed by atoms with E-state index in [1.165, 1.54) is 19.2 Å². The van der Waals surface area contributed by atoms with Gasteiger partial charge in [-0.15, -0.1) is 0 Å². The molecule has 1 atom stereocenters. The summed E-state index contributed by atoms with van der Waals surface area (Å²) in [5.74, 6) is 0.890. The van der Waals surface area contributed by atoms with Gasteiger partial charge in [-0.1, -0.05) is 13.8 Å². The first-order chi connectivity index (χ1) is 15.1. The van der Waals surface area contributed by atoms with Crippen LogP contribution in [-0.2, 0) is 6.54 Å². The number of benzene rings is 1. The van der Waals surface area contributed by atoms with Gasteiger partial charge in [0.25, 0.3) is 0 Å². The minimum Gasteiger partial charge on any atom is -0.507 e. The van der Waals surface area contributed by atoms with E-state index in [4.69, 9.17) is 15.5 Å². The van der Waals surface area contributed by atoms with Gasteiger partial charge in [-0.3, -0.25) is 5.10 Å². The number of rotatable bonds is 8. The summed E-state index contributed by atoms with van der Waals surface area (Å²) in [7, 11) is 1.43. The molecule has 10 heteroatoms. The van der Waals surface area contributed by atoms with Crippen LogP contribution in [0.5, 0.6) is 17.2 Å². The Kier molecular flexibility index (Phi) is 6.93. The van der Waals surface area contributed by atoms with E-state index >= 15 is 0 Å². The van der Waals surface area contributed by atoms with Gasteiger partial charge in [0, 0.05) is 30.3 Å². The second-order valence-electron chi connectivity index (χ2n) is 8.54. The summed E-state index contributed by atoms with van der Waals surface area (Å²) in [6.07, 6.45) is 0. The summed E-state index contributed by atoms with van der Waals surface area (Å²) in [6, 6.07) is 2.84. The number of nitrogens with zero attached hydrogens (tertiary/aromatic N) is 4. The number of ether oxygens (including phenoxy) is 1. The smallest absolute Gasteiger partial charge is 0.227 e. The van der Waals surface area contributed by atoms with E-state index in [2.05, 4.69) is 52.8 Å². The highest BCUT2D eigenvalue weighted by Crippen LogP contribution is 2.34. The Bertz CT molecular complexity index is 1160. The van der Waals surface area contributed by atoms with Gasteiger partial charge >= 0.3 is 0 Å². The van der Waals surface area contributed by atoms with Crippen molar-refractivity contribution in [3.8, 4) is 17.2 Å². The van der Waals surface area contributed by atoms with Crippen molar-refractivity contribution in [1.29, 1.82) is 0 Å². The highest BCUT2D eigenvalue weighted by molar-refractivity contribution is 5.87. The predicted octanol–water partition coefficient (Wildman–Crippen LogP) is 2.74. The maximum absolute atomic E-state index is 10.3. The second kappa shape index (κ2) is 9.47. The SMILES string of the molecule is COc1cc(O)c(CNc2nc(=NCC(C)N)n(C(C)C)c3c(C(C)C)[nH]nc23)cc1O. The van der Waals surface area contributed by atoms with Gasteiger partial charge in [0.2, 0.25) is 5.62 Å². The molecule has 2 aromatic heterocycles. The summed E-state index contributed by atoms with van der Waals surface area (Å²) in [5.41, 5.74) is 9.58. The van der Waals surface area contributed by atoms with Crippen LogP contribution in [0, 0.1) is 0 Å². The molecular formula is C22H33N7O3. The molecule has 10 nitrogen and oxygen atoms in total. The van der Waals surface area contributed by atoms with Gasteiger partial charge in [0.1, 0.15) is 5.75 Å². The third kappa shape index (κ3) is 4.64. The van der Waals surface area contributed by atoms with Crippen LogP contribution in [0.4, 0.5) is 5.82 Å². The molecule has 0 spiro atoms. The number of fused-ring (bicyclic) bond motifs is 1. The lowest BCUT2D eigenvalue weighted by Gasteiger charge is -2.18.